The molecule has 2 aliphatic carbocycles. The summed E-state index contributed by atoms with van der Waals surface area (Å²) >= 11 is 0. The lowest BCUT2D eigenvalue weighted by atomic mass is 9.49. The van der Waals surface area contributed by atoms with Crippen molar-refractivity contribution >= 4 is 17.3 Å². The molecule has 1 unspecified atom stereocenters. The molecule has 194 valence electrons. The van der Waals surface area contributed by atoms with Gasteiger partial charge in [-0.3, -0.25) is 9.69 Å². The first-order valence-corrected chi connectivity index (χ1v) is 12.9. The van der Waals surface area contributed by atoms with E-state index in [0.717, 1.165) is 51.1 Å². The van der Waals surface area contributed by atoms with E-state index in [2.05, 4.69) is 16.7 Å². The van der Waals surface area contributed by atoms with E-state index in [1.54, 1.807) is 19.2 Å². The average molecular weight is 490 g/mol. The molecule has 1 aromatic rings. The van der Waals surface area contributed by atoms with E-state index in [9.17, 15) is 15.1 Å². The summed E-state index contributed by atoms with van der Waals surface area (Å²) in [5.41, 5.74) is -0.632. The first kappa shape index (κ1) is 24.9. The second-order valence-corrected chi connectivity index (χ2v) is 11.5. The van der Waals surface area contributed by atoms with Crippen LogP contribution in [0.2, 0.25) is 0 Å². The molecular formula is C26H39N3O6. The van der Waals surface area contributed by atoms with Gasteiger partial charge in [0.1, 0.15) is 6.10 Å². The minimum Gasteiger partial charge on any atom is -0.595 e. The summed E-state index contributed by atoms with van der Waals surface area (Å²) in [6.45, 7) is 8.07. The molecule has 2 aliphatic heterocycles. The molecule has 2 heterocycles. The predicted octanol–water partition coefficient (Wildman–Crippen LogP) is 1.49. The van der Waals surface area contributed by atoms with Gasteiger partial charge in [-0.1, -0.05) is 6.92 Å². The average Bonchev–Trinajstić information content (AvgIpc) is 3.12. The van der Waals surface area contributed by atoms with Crippen LogP contribution in [0.3, 0.4) is 0 Å². The zero-order valence-corrected chi connectivity index (χ0v) is 21.0. The highest BCUT2D eigenvalue weighted by molar-refractivity contribution is 5.75. The molecule has 35 heavy (non-hydrogen) atoms. The molecule has 0 spiro atoms. The Hall–Kier alpha value is -1.75. The van der Waals surface area contributed by atoms with Gasteiger partial charge in [-0.05, 0) is 51.2 Å². The monoisotopic (exact) mass is 489 g/mol. The van der Waals surface area contributed by atoms with E-state index >= 15 is 0 Å². The zero-order chi connectivity index (χ0) is 25.0. The molecule has 5 rings (SSSR count). The molecule has 2 saturated carbocycles. The molecule has 0 amide bonds. The molecular weight excluding hydrogens is 450 g/mol. The third-order valence-corrected chi connectivity index (χ3v) is 9.76. The number of quaternary nitrogens is 1. The van der Waals surface area contributed by atoms with Gasteiger partial charge in [0.05, 0.1) is 17.1 Å². The van der Waals surface area contributed by atoms with Crippen LogP contribution >= 0.6 is 0 Å². The topological polar surface area (TPSA) is 110 Å². The third kappa shape index (κ3) is 4.06. The zero-order valence-electron chi connectivity index (χ0n) is 21.0. The Labute approximate surface area is 207 Å². The number of piperazine rings is 1. The van der Waals surface area contributed by atoms with Crippen molar-refractivity contribution in [2.45, 2.75) is 63.3 Å². The van der Waals surface area contributed by atoms with Crippen molar-refractivity contribution in [1.29, 1.82) is 0 Å². The van der Waals surface area contributed by atoms with E-state index in [0.29, 0.717) is 19.4 Å². The van der Waals surface area contributed by atoms with Gasteiger partial charge < -0.3 is 24.7 Å². The number of esters is 1. The van der Waals surface area contributed by atoms with Crippen molar-refractivity contribution < 1.29 is 29.8 Å². The van der Waals surface area contributed by atoms with Crippen LogP contribution in [0.25, 0.3) is 0 Å². The van der Waals surface area contributed by atoms with Gasteiger partial charge in [-0.25, -0.2) is 5.21 Å². The molecule has 4 aliphatic rings. The number of rotatable bonds is 5. The van der Waals surface area contributed by atoms with Gasteiger partial charge in [0, 0.05) is 69.0 Å². The first-order chi connectivity index (χ1) is 16.6. The number of benzene rings is 1. The lowest BCUT2D eigenvalue weighted by Gasteiger charge is -2.62. The second kappa shape index (κ2) is 8.97. The van der Waals surface area contributed by atoms with E-state index in [1.165, 1.54) is 0 Å². The summed E-state index contributed by atoms with van der Waals surface area (Å²) in [5, 5.41) is 31.4. The van der Waals surface area contributed by atoms with Crippen LogP contribution in [0.1, 0.15) is 46.0 Å². The fourth-order valence-corrected chi connectivity index (χ4v) is 7.37. The van der Waals surface area contributed by atoms with Crippen LogP contribution in [0.15, 0.2) is 24.3 Å². The molecule has 4 fully saturated rings. The van der Waals surface area contributed by atoms with Gasteiger partial charge in [-0.15, -0.1) is 0 Å². The maximum absolute atomic E-state index is 13.0. The minimum absolute atomic E-state index is 0.00487. The molecule has 9 heteroatoms. The number of carbonyl (C=O) groups excluding carboxylic acids is 1. The molecule has 0 aromatic heterocycles. The van der Waals surface area contributed by atoms with Crippen molar-refractivity contribution in [2.75, 3.05) is 44.7 Å². The SMILES string of the molecule is CO[C@]1(C)CCC[C@]2(C)C[C@H]3OC(=O)[C@@H](CN4CCN(c5ccc([NH+]([O-])O)cc5)CC4)[C@@H]3C[C@]21O. The van der Waals surface area contributed by atoms with Gasteiger partial charge in [-0.2, -0.15) is 5.23 Å². The minimum atomic E-state index is -0.985. The summed E-state index contributed by atoms with van der Waals surface area (Å²) in [6.07, 6.45) is 3.83. The van der Waals surface area contributed by atoms with Crippen LogP contribution in [0.4, 0.5) is 11.4 Å². The highest BCUT2D eigenvalue weighted by Crippen LogP contribution is 2.61. The van der Waals surface area contributed by atoms with E-state index in [-0.39, 0.29) is 35.0 Å². The lowest BCUT2D eigenvalue weighted by molar-refractivity contribution is -0.991. The smallest absolute Gasteiger partial charge is 0.310 e. The maximum atomic E-state index is 13.0. The fourth-order valence-electron chi connectivity index (χ4n) is 7.37. The Morgan fingerprint density at radius 1 is 1.14 bits per heavy atom. The molecule has 7 atom stereocenters. The molecule has 1 aromatic carbocycles. The van der Waals surface area contributed by atoms with Crippen LogP contribution < -0.4 is 10.1 Å². The largest absolute Gasteiger partial charge is 0.595 e. The highest BCUT2D eigenvalue weighted by atomic mass is 16.8. The summed E-state index contributed by atoms with van der Waals surface area (Å²) in [6, 6.07) is 6.99. The van der Waals surface area contributed by atoms with Gasteiger partial charge >= 0.3 is 5.97 Å². The number of hydrogen-bond acceptors (Lipinski definition) is 8. The Kier molecular flexibility index (Phi) is 6.39. The number of nitrogens with one attached hydrogen (secondary N) is 1. The quantitative estimate of drug-likeness (QED) is 0.422. The highest BCUT2D eigenvalue weighted by Gasteiger charge is 2.67. The maximum Gasteiger partial charge on any atom is 0.310 e. The van der Waals surface area contributed by atoms with Crippen molar-refractivity contribution in [3.63, 3.8) is 0 Å². The van der Waals surface area contributed by atoms with Crippen LogP contribution in [-0.2, 0) is 14.3 Å². The Balaban J connectivity index is 1.25. The molecule has 0 bridgehead atoms. The number of ether oxygens (including phenoxy) is 2. The number of hydrogen-bond donors (Lipinski definition) is 3. The number of methoxy groups -OCH3 is 1. The summed E-state index contributed by atoms with van der Waals surface area (Å²) in [5.74, 6) is -0.371. The summed E-state index contributed by atoms with van der Waals surface area (Å²) < 4.78 is 11.9. The van der Waals surface area contributed by atoms with Gasteiger partial charge in [0.15, 0.2) is 5.69 Å². The van der Waals surface area contributed by atoms with Crippen molar-refractivity contribution in [2.24, 2.45) is 17.3 Å². The third-order valence-electron chi connectivity index (χ3n) is 9.76. The van der Waals surface area contributed by atoms with Crippen molar-refractivity contribution in [3.8, 4) is 0 Å². The van der Waals surface area contributed by atoms with Gasteiger partial charge in [0.25, 0.3) is 0 Å². The van der Waals surface area contributed by atoms with E-state index in [4.69, 9.17) is 14.7 Å². The number of fused-ring (bicyclic) bond motifs is 2. The summed E-state index contributed by atoms with van der Waals surface area (Å²) in [4.78, 5) is 17.6. The lowest BCUT2D eigenvalue weighted by Crippen LogP contribution is -2.99. The fraction of sp³-hybridized carbons (Fsp3) is 0.731. The molecule has 9 nitrogen and oxygen atoms in total. The number of anilines is 1. The van der Waals surface area contributed by atoms with Crippen LogP contribution in [-0.4, -0.2) is 78.3 Å². The van der Waals surface area contributed by atoms with Crippen LogP contribution in [0.5, 0.6) is 0 Å². The van der Waals surface area contributed by atoms with E-state index in [1.807, 2.05) is 19.1 Å². The second-order valence-electron chi connectivity index (χ2n) is 11.5. The Morgan fingerprint density at radius 2 is 1.83 bits per heavy atom. The van der Waals surface area contributed by atoms with Crippen LogP contribution in [0, 0.1) is 22.5 Å². The number of nitrogens with zero attached hydrogens (tertiary/aromatic N) is 2. The predicted molar refractivity (Wildman–Crippen MR) is 129 cm³/mol. The molecule has 0 radical (unpaired) electrons. The molecule has 2 saturated heterocycles. The Bertz CT molecular complexity index is 936. The normalized spacial score (nSPS) is 40.7. The van der Waals surface area contributed by atoms with E-state index < -0.39 is 16.4 Å². The number of carbonyl (C=O) groups is 1. The molecule has 3 N–H and O–H groups in total. The summed E-state index contributed by atoms with van der Waals surface area (Å²) in [7, 11) is 1.69. The first-order valence-electron chi connectivity index (χ1n) is 12.9. The van der Waals surface area contributed by atoms with Crippen molar-refractivity contribution in [3.05, 3.63) is 29.5 Å². The standard InChI is InChI=1S/C26H39N3O6/c1-24-9-4-10-25(2,34-3)26(24,31)15-20-21(23(30)35-22(20)16-24)17-27-11-13-28(14-12-27)18-5-7-19(8-6-18)29(32)33/h5-8,20-22,29,31-32H,4,9-17H2,1-3H3/t20-,21-,22+,24+,25+,26-/m0/s1. The Morgan fingerprint density at radius 3 is 2.46 bits per heavy atom. The van der Waals surface area contributed by atoms with Crippen molar-refractivity contribution in [1.82, 2.24) is 4.90 Å². The number of aliphatic hydroxyl groups is 1. The van der Waals surface area contributed by atoms with Gasteiger partial charge in [0.2, 0.25) is 0 Å².